The van der Waals surface area contributed by atoms with Crippen molar-refractivity contribution in [1.29, 1.82) is 0 Å². The largest absolute Gasteiger partial charge is 0.481 e. The van der Waals surface area contributed by atoms with Crippen molar-refractivity contribution in [2.24, 2.45) is 0 Å². The van der Waals surface area contributed by atoms with Crippen molar-refractivity contribution in [2.45, 2.75) is 44.3 Å². The maximum atomic E-state index is 12.3. The summed E-state index contributed by atoms with van der Waals surface area (Å²) in [6, 6.07) is -0.180. The molecule has 2 N–H and O–H groups in total. The minimum Gasteiger partial charge on any atom is -0.481 e. The molecule has 0 spiro atoms. The minimum atomic E-state index is -0.862. The zero-order chi connectivity index (χ0) is 14.2. The number of urea groups is 1. The quantitative estimate of drug-likeness (QED) is 0.856. The van der Waals surface area contributed by atoms with Crippen molar-refractivity contribution in [3.05, 3.63) is 18.2 Å². The highest BCUT2D eigenvalue weighted by Crippen LogP contribution is 2.35. The second-order valence-electron chi connectivity index (χ2n) is 5.59. The Hall–Kier alpha value is -2.05. The molecule has 1 aliphatic heterocycles. The molecular formula is C13H18N4O3. The van der Waals surface area contributed by atoms with Crippen LogP contribution in [0.5, 0.6) is 0 Å². The van der Waals surface area contributed by atoms with Crippen LogP contribution in [0.25, 0.3) is 0 Å². The van der Waals surface area contributed by atoms with Crippen molar-refractivity contribution in [2.75, 3.05) is 6.54 Å². The molecule has 108 valence electrons. The molecule has 0 unspecified atom stereocenters. The van der Waals surface area contributed by atoms with E-state index >= 15 is 0 Å². The van der Waals surface area contributed by atoms with Crippen LogP contribution in [0.3, 0.4) is 0 Å². The molecule has 7 heteroatoms. The summed E-state index contributed by atoms with van der Waals surface area (Å²) in [5.74, 6) is 0.00600. The van der Waals surface area contributed by atoms with Crippen LogP contribution in [0.15, 0.2) is 12.4 Å². The number of hydrogen-bond acceptors (Lipinski definition) is 3. The van der Waals surface area contributed by atoms with Crippen LogP contribution in [0.2, 0.25) is 0 Å². The third kappa shape index (κ3) is 2.35. The average molecular weight is 278 g/mol. The first-order valence-electron chi connectivity index (χ1n) is 6.87. The topological polar surface area (TPSA) is 87.5 Å². The van der Waals surface area contributed by atoms with Gasteiger partial charge in [-0.1, -0.05) is 0 Å². The van der Waals surface area contributed by atoms with Gasteiger partial charge in [-0.15, -0.1) is 0 Å². The molecule has 1 aromatic rings. The Balaban J connectivity index is 1.64. The van der Waals surface area contributed by atoms with E-state index in [9.17, 15) is 9.59 Å². The van der Waals surface area contributed by atoms with E-state index in [0.29, 0.717) is 13.1 Å². The fourth-order valence-corrected chi connectivity index (χ4v) is 2.89. The van der Waals surface area contributed by atoms with Crippen LogP contribution >= 0.6 is 0 Å². The molecule has 0 bridgehead atoms. The van der Waals surface area contributed by atoms with Gasteiger partial charge in [0.25, 0.3) is 0 Å². The third-order valence-electron chi connectivity index (χ3n) is 4.20. The third-order valence-corrected chi connectivity index (χ3v) is 4.20. The molecule has 0 saturated heterocycles. The first kappa shape index (κ1) is 13.0. The molecule has 3 rings (SSSR count). The number of amides is 2. The number of imidazole rings is 1. The molecule has 1 saturated carbocycles. The van der Waals surface area contributed by atoms with Gasteiger partial charge in [0, 0.05) is 25.5 Å². The van der Waals surface area contributed by atoms with Gasteiger partial charge < -0.3 is 19.9 Å². The van der Waals surface area contributed by atoms with Gasteiger partial charge in [-0.05, 0) is 19.3 Å². The highest BCUT2D eigenvalue weighted by atomic mass is 16.4. The van der Waals surface area contributed by atoms with E-state index in [2.05, 4.69) is 10.3 Å². The smallest absolute Gasteiger partial charge is 0.318 e. The van der Waals surface area contributed by atoms with Gasteiger partial charge in [0.15, 0.2) is 0 Å². The number of hydrogen-bond donors (Lipinski definition) is 2. The van der Waals surface area contributed by atoms with Crippen LogP contribution in [-0.2, 0) is 17.9 Å². The van der Waals surface area contributed by atoms with E-state index in [4.69, 9.17) is 5.11 Å². The molecule has 2 heterocycles. The van der Waals surface area contributed by atoms with Crippen molar-refractivity contribution in [1.82, 2.24) is 19.8 Å². The Morgan fingerprint density at radius 3 is 2.85 bits per heavy atom. The lowest BCUT2D eigenvalue weighted by Gasteiger charge is -2.43. The summed E-state index contributed by atoms with van der Waals surface area (Å²) in [5, 5.41) is 11.9. The van der Waals surface area contributed by atoms with Gasteiger partial charge in [-0.3, -0.25) is 4.79 Å². The molecule has 0 aromatic carbocycles. The number of carboxylic acids is 1. The average Bonchev–Trinajstić information content (AvgIpc) is 2.82. The van der Waals surface area contributed by atoms with Gasteiger partial charge in [-0.2, -0.15) is 0 Å². The molecule has 7 nitrogen and oxygen atoms in total. The number of aromatic nitrogens is 2. The summed E-state index contributed by atoms with van der Waals surface area (Å²) in [5.41, 5.74) is -0.546. The Morgan fingerprint density at radius 2 is 2.20 bits per heavy atom. The normalized spacial score (nSPS) is 19.9. The molecule has 1 aliphatic carbocycles. The van der Waals surface area contributed by atoms with Gasteiger partial charge in [-0.25, -0.2) is 9.78 Å². The number of fused-ring (bicyclic) bond motifs is 1. The second-order valence-corrected chi connectivity index (χ2v) is 5.59. The van der Waals surface area contributed by atoms with Crippen molar-refractivity contribution in [3.63, 3.8) is 0 Å². The standard InChI is InChI=1S/C13H18N4O3/c18-11(19)8-13(2-1-3-13)15-12(20)17-7-6-16-5-4-14-10(16)9-17/h4-5H,1-3,6-9H2,(H,15,20)(H,18,19). The highest BCUT2D eigenvalue weighted by molar-refractivity contribution is 5.77. The van der Waals surface area contributed by atoms with Gasteiger partial charge in [0.1, 0.15) is 5.82 Å². The zero-order valence-corrected chi connectivity index (χ0v) is 11.2. The molecule has 1 aromatic heterocycles. The van der Waals surface area contributed by atoms with E-state index in [1.54, 1.807) is 11.1 Å². The summed E-state index contributed by atoms with van der Waals surface area (Å²) in [7, 11) is 0. The number of nitrogens with zero attached hydrogens (tertiary/aromatic N) is 3. The summed E-state index contributed by atoms with van der Waals surface area (Å²) < 4.78 is 2.03. The molecule has 1 fully saturated rings. The number of carboxylic acid groups (broad SMARTS) is 1. The van der Waals surface area contributed by atoms with E-state index in [1.807, 2.05) is 10.8 Å². The van der Waals surface area contributed by atoms with Gasteiger partial charge in [0.2, 0.25) is 0 Å². The van der Waals surface area contributed by atoms with Crippen molar-refractivity contribution in [3.8, 4) is 0 Å². The Labute approximate surface area is 116 Å². The molecular weight excluding hydrogens is 260 g/mol. The number of nitrogens with one attached hydrogen (secondary N) is 1. The lowest BCUT2D eigenvalue weighted by molar-refractivity contribution is -0.139. The summed E-state index contributed by atoms with van der Waals surface area (Å²) in [6.07, 6.45) is 6.09. The Bertz CT molecular complexity index is 535. The van der Waals surface area contributed by atoms with E-state index < -0.39 is 11.5 Å². The summed E-state index contributed by atoms with van der Waals surface area (Å²) in [4.78, 5) is 29.1. The van der Waals surface area contributed by atoms with Crippen LogP contribution in [0.4, 0.5) is 4.79 Å². The predicted octanol–water partition coefficient (Wildman–Crippen LogP) is 0.806. The molecule has 2 amide bonds. The zero-order valence-electron chi connectivity index (χ0n) is 11.2. The molecule has 20 heavy (non-hydrogen) atoms. The Morgan fingerprint density at radius 1 is 1.40 bits per heavy atom. The van der Waals surface area contributed by atoms with Gasteiger partial charge >= 0.3 is 12.0 Å². The molecule has 0 atom stereocenters. The SMILES string of the molecule is O=C(O)CC1(NC(=O)N2CCn3ccnc3C2)CCC1. The first-order chi connectivity index (χ1) is 9.58. The fraction of sp³-hybridized carbons (Fsp3) is 0.615. The maximum Gasteiger partial charge on any atom is 0.318 e. The highest BCUT2D eigenvalue weighted by Gasteiger charge is 2.41. The first-order valence-corrected chi connectivity index (χ1v) is 6.87. The lowest BCUT2D eigenvalue weighted by Crippen LogP contribution is -2.58. The predicted molar refractivity (Wildman–Crippen MR) is 70.0 cm³/mol. The number of rotatable bonds is 3. The monoisotopic (exact) mass is 278 g/mol. The fourth-order valence-electron chi connectivity index (χ4n) is 2.89. The second kappa shape index (κ2) is 4.81. The number of aliphatic carboxylic acids is 1. The van der Waals surface area contributed by atoms with E-state index in [0.717, 1.165) is 31.6 Å². The molecule has 0 radical (unpaired) electrons. The van der Waals surface area contributed by atoms with Crippen LogP contribution in [0, 0.1) is 0 Å². The van der Waals surface area contributed by atoms with Crippen molar-refractivity contribution >= 4 is 12.0 Å². The molecule has 2 aliphatic rings. The number of carbonyl (C=O) groups excluding carboxylic acids is 1. The van der Waals surface area contributed by atoms with Crippen LogP contribution < -0.4 is 5.32 Å². The minimum absolute atomic E-state index is 0.00120. The summed E-state index contributed by atoms with van der Waals surface area (Å²) in [6.45, 7) is 1.83. The van der Waals surface area contributed by atoms with Crippen molar-refractivity contribution < 1.29 is 14.7 Å². The lowest BCUT2D eigenvalue weighted by atomic mass is 9.74. The van der Waals surface area contributed by atoms with Crippen LogP contribution in [-0.4, -0.2) is 43.6 Å². The maximum absolute atomic E-state index is 12.3. The number of carbonyl (C=O) groups is 2. The summed E-state index contributed by atoms with van der Waals surface area (Å²) >= 11 is 0. The van der Waals surface area contributed by atoms with E-state index in [-0.39, 0.29) is 12.5 Å². The van der Waals surface area contributed by atoms with E-state index in [1.165, 1.54) is 0 Å². The van der Waals surface area contributed by atoms with Crippen LogP contribution in [0.1, 0.15) is 31.5 Å². The van der Waals surface area contributed by atoms with Gasteiger partial charge in [0.05, 0.1) is 18.5 Å². The Kier molecular flexibility index (Phi) is 3.11.